The molecule has 0 aromatic heterocycles. The molecule has 162 valence electrons. The van der Waals surface area contributed by atoms with Gasteiger partial charge >= 0.3 is 0 Å². The zero-order chi connectivity index (χ0) is 20.6. The number of ether oxygens (including phenoxy) is 3. The Morgan fingerprint density at radius 1 is 1.21 bits per heavy atom. The third-order valence-corrected chi connectivity index (χ3v) is 5.90. The van der Waals surface area contributed by atoms with Gasteiger partial charge in [0.25, 0.3) is 5.91 Å². The number of hydrogen-bond acceptors (Lipinski definition) is 6. The van der Waals surface area contributed by atoms with Crippen LogP contribution < -0.4 is 14.8 Å². The van der Waals surface area contributed by atoms with E-state index >= 15 is 0 Å². The highest BCUT2D eigenvalue weighted by Crippen LogP contribution is 2.30. The summed E-state index contributed by atoms with van der Waals surface area (Å²) in [5.74, 6) is 0.859. The molecule has 1 saturated heterocycles. The monoisotopic (exact) mass is 406 g/mol. The molecule has 1 aliphatic heterocycles. The number of aliphatic hydroxyl groups excluding tert-OH is 1. The first-order valence-corrected chi connectivity index (χ1v) is 10.6. The Bertz CT molecular complexity index is 655. The number of piperidine rings is 1. The molecule has 1 heterocycles. The molecule has 2 fully saturated rings. The van der Waals surface area contributed by atoms with Crippen molar-refractivity contribution in [3.63, 3.8) is 0 Å². The second-order valence-electron chi connectivity index (χ2n) is 7.97. The van der Waals surface area contributed by atoms with Gasteiger partial charge in [0.2, 0.25) is 0 Å². The van der Waals surface area contributed by atoms with E-state index in [1.807, 2.05) is 0 Å². The van der Waals surface area contributed by atoms with Crippen molar-refractivity contribution in [2.75, 3.05) is 40.5 Å². The van der Waals surface area contributed by atoms with E-state index < -0.39 is 6.10 Å². The van der Waals surface area contributed by atoms with Crippen LogP contribution in [0, 0.1) is 0 Å². The molecule has 0 spiro atoms. The SMILES string of the molecule is COC[C@@H](O)CNC(=O)c1cc(OC)ccc1OC1CCN(C2CCCC2)CC1. The van der Waals surface area contributed by atoms with Crippen LogP contribution in [0.3, 0.4) is 0 Å². The van der Waals surface area contributed by atoms with E-state index in [1.165, 1.54) is 32.8 Å². The number of aliphatic hydroxyl groups is 1. The molecular formula is C22H34N2O5. The highest BCUT2D eigenvalue weighted by Gasteiger charge is 2.28. The summed E-state index contributed by atoms with van der Waals surface area (Å²) in [5.41, 5.74) is 0.423. The number of nitrogens with zero attached hydrogens (tertiary/aromatic N) is 1. The summed E-state index contributed by atoms with van der Waals surface area (Å²) in [7, 11) is 3.08. The summed E-state index contributed by atoms with van der Waals surface area (Å²) >= 11 is 0. The maximum Gasteiger partial charge on any atom is 0.255 e. The van der Waals surface area contributed by atoms with Crippen LogP contribution in [0.15, 0.2) is 18.2 Å². The molecule has 0 radical (unpaired) electrons. The van der Waals surface area contributed by atoms with E-state index in [1.54, 1.807) is 25.3 Å². The molecule has 0 bridgehead atoms. The van der Waals surface area contributed by atoms with Gasteiger partial charge < -0.3 is 29.5 Å². The Morgan fingerprint density at radius 3 is 2.59 bits per heavy atom. The molecule has 1 aliphatic carbocycles. The number of nitrogens with one attached hydrogen (secondary N) is 1. The number of benzene rings is 1. The molecule has 29 heavy (non-hydrogen) atoms. The molecule has 2 aliphatic rings. The van der Waals surface area contributed by atoms with Crippen LogP contribution in [0.25, 0.3) is 0 Å². The first-order chi connectivity index (χ1) is 14.1. The van der Waals surface area contributed by atoms with Crippen molar-refractivity contribution in [1.82, 2.24) is 10.2 Å². The van der Waals surface area contributed by atoms with Crippen LogP contribution in [0.4, 0.5) is 0 Å². The Kier molecular flexibility index (Phi) is 8.15. The Hall–Kier alpha value is -1.83. The number of amides is 1. The Balaban J connectivity index is 1.60. The molecule has 7 nitrogen and oxygen atoms in total. The van der Waals surface area contributed by atoms with Gasteiger partial charge in [-0.05, 0) is 43.9 Å². The Labute approximate surface area is 173 Å². The second kappa shape index (κ2) is 10.8. The summed E-state index contributed by atoms with van der Waals surface area (Å²) in [5, 5.41) is 12.5. The molecule has 2 N–H and O–H groups in total. The van der Waals surface area contributed by atoms with Crippen LogP contribution >= 0.6 is 0 Å². The predicted molar refractivity (Wildman–Crippen MR) is 111 cm³/mol. The summed E-state index contributed by atoms with van der Waals surface area (Å²) in [6, 6.07) is 6.03. The number of carbonyl (C=O) groups is 1. The third kappa shape index (κ3) is 6.07. The van der Waals surface area contributed by atoms with E-state index in [2.05, 4.69) is 10.2 Å². The molecule has 1 amide bonds. The first kappa shape index (κ1) is 21.9. The second-order valence-corrected chi connectivity index (χ2v) is 7.97. The fourth-order valence-corrected chi connectivity index (χ4v) is 4.28. The van der Waals surface area contributed by atoms with Crippen LogP contribution in [0.2, 0.25) is 0 Å². The van der Waals surface area contributed by atoms with Gasteiger partial charge in [0.15, 0.2) is 0 Å². The zero-order valence-electron chi connectivity index (χ0n) is 17.6. The van der Waals surface area contributed by atoms with Gasteiger partial charge in [0.05, 0.1) is 25.4 Å². The highest BCUT2D eigenvalue weighted by molar-refractivity contribution is 5.97. The maximum absolute atomic E-state index is 12.7. The smallest absolute Gasteiger partial charge is 0.255 e. The molecule has 7 heteroatoms. The van der Waals surface area contributed by atoms with E-state index in [0.717, 1.165) is 32.0 Å². The zero-order valence-corrected chi connectivity index (χ0v) is 17.6. The number of carbonyl (C=O) groups excluding carboxylic acids is 1. The summed E-state index contributed by atoms with van der Waals surface area (Å²) in [6.45, 7) is 2.39. The largest absolute Gasteiger partial charge is 0.497 e. The third-order valence-electron chi connectivity index (χ3n) is 5.90. The molecule has 3 rings (SSSR count). The number of hydrogen-bond donors (Lipinski definition) is 2. The van der Waals surface area contributed by atoms with E-state index in [4.69, 9.17) is 14.2 Å². The van der Waals surface area contributed by atoms with E-state index in [0.29, 0.717) is 17.1 Å². The lowest BCUT2D eigenvalue weighted by Crippen LogP contribution is -2.43. The average molecular weight is 407 g/mol. The lowest BCUT2D eigenvalue weighted by molar-refractivity contribution is 0.0603. The van der Waals surface area contributed by atoms with E-state index in [9.17, 15) is 9.90 Å². The fraction of sp³-hybridized carbons (Fsp3) is 0.682. The van der Waals surface area contributed by atoms with Gasteiger partial charge in [-0.3, -0.25) is 4.79 Å². The minimum Gasteiger partial charge on any atom is -0.497 e. The van der Waals surface area contributed by atoms with Crippen LogP contribution in [0.1, 0.15) is 48.9 Å². The summed E-state index contributed by atoms with van der Waals surface area (Å²) in [4.78, 5) is 15.3. The molecule has 1 atom stereocenters. The highest BCUT2D eigenvalue weighted by atomic mass is 16.5. The quantitative estimate of drug-likeness (QED) is 0.655. The minimum absolute atomic E-state index is 0.103. The topological polar surface area (TPSA) is 80.3 Å². The van der Waals surface area contributed by atoms with E-state index in [-0.39, 0.29) is 25.2 Å². The van der Waals surface area contributed by atoms with Crippen molar-refractivity contribution < 1.29 is 24.1 Å². The van der Waals surface area contributed by atoms with Crippen molar-refractivity contribution >= 4 is 5.91 Å². The number of likely N-dealkylation sites (tertiary alicyclic amines) is 1. The first-order valence-electron chi connectivity index (χ1n) is 10.6. The van der Waals surface area contributed by atoms with Crippen molar-refractivity contribution in [1.29, 1.82) is 0 Å². The van der Waals surface area contributed by atoms with Gasteiger partial charge in [-0.1, -0.05) is 12.8 Å². The molecule has 1 saturated carbocycles. The molecule has 1 aromatic rings. The van der Waals surface area contributed by atoms with Gasteiger partial charge in [0, 0.05) is 32.8 Å². The van der Waals surface area contributed by atoms with Gasteiger partial charge in [-0.15, -0.1) is 0 Å². The van der Waals surface area contributed by atoms with Crippen molar-refractivity contribution in [3.8, 4) is 11.5 Å². The molecule has 1 aromatic carbocycles. The fourth-order valence-electron chi connectivity index (χ4n) is 4.28. The normalized spacial score (nSPS) is 19.8. The van der Waals surface area contributed by atoms with Crippen molar-refractivity contribution in [2.24, 2.45) is 0 Å². The number of methoxy groups -OCH3 is 2. The minimum atomic E-state index is -0.751. The summed E-state index contributed by atoms with van der Waals surface area (Å²) < 4.78 is 16.4. The number of rotatable bonds is 9. The lowest BCUT2D eigenvalue weighted by Gasteiger charge is -2.36. The molecular weight excluding hydrogens is 372 g/mol. The maximum atomic E-state index is 12.7. The standard InChI is InChI=1S/C22H34N2O5/c1-27-15-17(25)14-23-22(26)20-13-19(28-2)7-8-21(20)29-18-9-11-24(12-10-18)16-5-3-4-6-16/h7-8,13,16-18,25H,3-6,9-12,14-15H2,1-2H3,(H,23,26)/t17-/m0/s1. The lowest BCUT2D eigenvalue weighted by atomic mass is 10.0. The van der Waals surface area contributed by atoms with Gasteiger partial charge in [0.1, 0.15) is 17.6 Å². The van der Waals surface area contributed by atoms with Crippen LogP contribution in [-0.2, 0) is 4.74 Å². The predicted octanol–water partition coefficient (Wildman–Crippen LogP) is 2.22. The van der Waals surface area contributed by atoms with Gasteiger partial charge in [-0.2, -0.15) is 0 Å². The van der Waals surface area contributed by atoms with Crippen LogP contribution in [0.5, 0.6) is 11.5 Å². The van der Waals surface area contributed by atoms with Crippen LogP contribution in [-0.4, -0.2) is 74.6 Å². The molecule has 0 unspecified atom stereocenters. The van der Waals surface area contributed by atoms with Crippen molar-refractivity contribution in [2.45, 2.75) is 56.8 Å². The average Bonchev–Trinajstić information content (AvgIpc) is 3.28. The van der Waals surface area contributed by atoms with Crippen molar-refractivity contribution in [3.05, 3.63) is 23.8 Å². The van der Waals surface area contributed by atoms with Gasteiger partial charge in [-0.25, -0.2) is 0 Å². The Morgan fingerprint density at radius 2 is 1.93 bits per heavy atom. The summed E-state index contributed by atoms with van der Waals surface area (Å²) in [6.07, 6.45) is 6.64.